The molecule has 1 heterocycles. The first-order chi connectivity index (χ1) is 12.7. The highest BCUT2D eigenvalue weighted by Crippen LogP contribution is 2.17. The van der Waals surface area contributed by atoms with Gasteiger partial charge in [-0.2, -0.15) is 0 Å². The Hall–Kier alpha value is -0.460. The van der Waals surface area contributed by atoms with E-state index in [2.05, 4.69) is 19.1 Å². The van der Waals surface area contributed by atoms with E-state index in [1.165, 1.54) is 51.4 Å². The fraction of sp³-hybridized carbons (Fsp3) is 0.905. The lowest BCUT2D eigenvalue weighted by Gasteiger charge is -2.20. The molecule has 0 saturated carbocycles. The molecule has 3 N–H and O–H groups in total. The van der Waals surface area contributed by atoms with Gasteiger partial charge >= 0.3 is 0 Å². The van der Waals surface area contributed by atoms with Gasteiger partial charge in [-0.1, -0.05) is 57.6 Å². The number of hydrogen-bond donors (Lipinski definition) is 3. The average Bonchev–Trinajstić information content (AvgIpc) is 2.97. The van der Waals surface area contributed by atoms with Crippen molar-refractivity contribution in [2.45, 2.75) is 102 Å². The predicted molar refractivity (Wildman–Crippen MR) is 104 cm³/mol. The van der Waals surface area contributed by atoms with Gasteiger partial charge in [0, 0.05) is 6.61 Å². The Labute approximate surface area is 159 Å². The van der Waals surface area contributed by atoms with Crippen molar-refractivity contribution < 1.29 is 24.8 Å². The number of allylic oxidation sites excluding steroid dienone is 2. The lowest BCUT2D eigenvalue weighted by atomic mass is 10.1. The van der Waals surface area contributed by atoms with Crippen LogP contribution in [0.5, 0.6) is 0 Å². The van der Waals surface area contributed by atoms with Crippen LogP contribution >= 0.6 is 0 Å². The lowest BCUT2D eigenvalue weighted by molar-refractivity contribution is -0.0813. The van der Waals surface area contributed by atoms with E-state index in [9.17, 15) is 15.3 Å². The smallest absolute Gasteiger partial charge is 0.114 e. The van der Waals surface area contributed by atoms with E-state index in [1.54, 1.807) is 0 Å². The molecule has 0 spiro atoms. The minimum Gasteiger partial charge on any atom is -0.388 e. The predicted octanol–water partition coefficient (Wildman–Crippen LogP) is 3.35. The van der Waals surface area contributed by atoms with Crippen molar-refractivity contribution in [2.75, 3.05) is 19.8 Å². The van der Waals surface area contributed by atoms with Crippen molar-refractivity contribution >= 4 is 0 Å². The van der Waals surface area contributed by atoms with Gasteiger partial charge in [-0.25, -0.2) is 0 Å². The van der Waals surface area contributed by atoms with Gasteiger partial charge in [0.1, 0.15) is 24.4 Å². The number of unbranched alkanes of at least 4 members (excludes halogenated alkanes) is 9. The Morgan fingerprint density at radius 1 is 0.962 bits per heavy atom. The van der Waals surface area contributed by atoms with Crippen LogP contribution in [0.25, 0.3) is 0 Å². The normalized spacial score (nSPS) is 24.5. The van der Waals surface area contributed by atoms with Crippen molar-refractivity contribution in [1.82, 2.24) is 0 Å². The minimum atomic E-state index is -1.03. The topological polar surface area (TPSA) is 79.2 Å². The quantitative estimate of drug-likeness (QED) is 0.286. The molecule has 1 rings (SSSR count). The molecule has 0 bridgehead atoms. The molecule has 154 valence electrons. The summed E-state index contributed by atoms with van der Waals surface area (Å²) in [5, 5.41) is 29.0. The highest BCUT2D eigenvalue weighted by molar-refractivity contribution is 4.87. The molecule has 5 nitrogen and oxygen atoms in total. The zero-order valence-electron chi connectivity index (χ0n) is 16.5. The van der Waals surface area contributed by atoms with Crippen LogP contribution in [0.1, 0.15) is 77.6 Å². The molecular weight excluding hydrogens is 332 g/mol. The third-order valence-corrected chi connectivity index (χ3v) is 4.91. The minimum absolute atomic E-state index is 0.0636. The monoisotopic (exact) mass is 372 g/mol. The SMILES string of the molecule is CCCCCCCCC/C=C/CCCCOC[C@H](O)[C@H]1OC[C@@H](O)[C@H]1O. The molecule has 0 aromatic heterocycles. The summed E-state index contributed by atoms with van der Waals surface area (Å²) in [5.74, 6) is 0. The third kappa shape index (κ3) is 10.6. The number of aliphatic hydroxyl groups is 3. The van der Waals surface area contributed by atoms with Gasteiger partial charge in [0.2, 0.25) is 0 Å². The Balaban J connectivity index is 1.84. The fourth-order valence-electron chi connectivity index (χ4n) is 3.18. The van der Waals surface area contributed by atoms with Crippen LogP contribution in [0.4, 0.5) is 0 Å². The van der Waals surface area contributed by atoms with Gasteiger partial charge < -0.3 is 24.8 Å². The molecule has 1 aliphatic rings. The van der Waals surface area contributed by atoms with Crippen molar-refractivity contribution in [1.29, 1.82) is 0 Å². The molecule has 26 heavy (non-hydrogen) atoms. The summed E-state index contributed by atoms with van der Waals surface area (Å²) in [4.78, 5) is 0. The number of aliphatic hydroxyl groups excluding tert-OH is 3. The van der Waals surface area contributed by atoms with Gasteiger partial charge in [-0.3, -0.25) is 0 Å². The second kappa shape index (κ2) is 15.6. The maximum absolute atomic E-state index is 9.91. The van der Waals surface area contributed by atoms with Gasteiger partial charge in [0.25, 0.3) is 0 Å². The van der Waals surface area contributed by atoms with Crippen LogP contribution in [0.3, 0.4) is 0 Å². The van der Waals surface area contributed by atoms with Gasteiger partial charge in [-0.05, 0) is 32.1 Å². The molecule has 1 saturated heterocycles. The summed E-state index contributed by atoms with van der Waals surface area (Å²) in [6.45, 7) is 3.04. The van der Waals surface area contributed by atoms with Crippen LogP contribution in [0.15, 0.2) is 12.2 Å². The Bertz CT molecular complexity index is 347. The highest BCUT2D eigenvalue weighted by atomic mass is 16.5. The van der Waals surface area contributed by atoms with Crippen LogP contribution in [-0.4, -0.2) is 59.6 Å². The fourth-order valence-corrected chi connectivity index (χ4v) is 3.18. The zero-order valence-corrected chi connectivity index (χ0v) is 16.5. The maximum atomic E-state index is 9.91. The van der Waals surface area contributed by atoms with E-state index in [-0.39, 0.29) is 13.2 Å². The summed E-state index contributed by atoms with van der Waals surface area (Å²) in [5.41, 5.74) is 0. The van der Waals surface area contributed by atoms with E-state index in [0.717, 1.165) is 19.3 Å². The van der Waals surface area contributed by atoms with Crippen molar-refractivity contribution in [3.05, 3.63) is 12.2 Å². The molecule has 5 heteroatoms. The van der Waals surface area contributed by atoms with E-state index in [0.29, 0.717) is 6.61 Å². The lowest BCUT2D eigenvalue weighted by Crippen LogP contribution is -2.40. The molecule has 0 unspecified atom stereocenters. The zero-order chi connectivity index (χ0) is 19.0. The summed E-state index contributed by atoms with van der Waals surface area (Å²) in [6.07, 6.45) is 14.7. The molecule has 0 amide bonds. The molecule has 1 aliphatic heterocycles. The molecule has 1 fully saturated rings. The Morgan fingerprint density at radius 2 is 1.58 bits per heavy atom. The van der Waals surface area contributed by atoms with E-state index >= 15 is 0 Å². The average molecular weight is 373 g/mol. The summed E-state index contributed by atoms with van der Waals surface area (Å²) >= 11 is 0. The summed E-state index contributed by atoms with van der Waals surface area (Å²) in [6, 6.07) is 0. The van der Waals surface area contributed by atoms with Crippen molar-refractivity contribution in [3.8, 4) is 0 Å². The second-order valence-electron chi connectivity index (χ2n) is 7.38. The van der Waals surface area contributed by atoms with Gasteiger partial charge in [0.05, 0.1) is 13.2 Å². The van der Waals surface area contributed by atoms with E-state index < -0.39 is 24.4 Å². The number of ether oxygens (including phenoxy) is 2. The standard InChI is InChI=1S/C21H40O5/c1-2-3-4-5-6-7-8-9-10-11-12-13-14-15-25-16-19(23)21-20(24)18(22)17-26-21/h10-11,18-24H,2-9,12-17H2,1H3/b11-10+/t18-,19+,20-,21-/m1/s1. The molecule has 0 aliphatic carbocycles. The van der Waals surface area contributed by atoms with Crippen LogP contribution in [0, 0.1) is 0 Å². The van der Waals surface area contributed by atoms with E-state index in [1.807, 2.05) is 0 Å². The first kappa shape index (κ1) is 23.6. The highest BCUT2D eigenvalue weighted by Gasteiger charge is 2.39. The molecule has 0 radical (unpaired) electrons. The molecule has 0 aromatic rings. The van der Waals surface area contributed by atoms with Gasteiger partial charge in [0.15, 0.2) is 0 Å². The van der Waals surface area contributed by atoms with Crippen LogP contribution in [0.2, 0.25) is 0 Å². The van der Waals surface area contributed by atoms with Gasteiger partial charge in [-0.15, -0.1) is 0 Å². The van der Waals surface area contributed by atoms with Crippen molar-refractivity contribution in [3.63, 3.8) is 0 Å². The molecule has 0 aromatic carbocycles. The first-order valence-electron chi connectivity index (χ1n) is 10.5. The van der Waals surface area contributed by atoms with Crippen molar-refractivity contribution in [2.24, 2.45) is 0 Å². The van der Waals surface area contributed by atoms with Crippen LogP contribution in [-0.2, 0) is 9.47 Å². The summed E-state index contributed by atoms with van der Waals surface area (Å²) < 4.78 is 10.6. The summed E-state index contributed by atoms with van der Waals surface area (Å²) in [7, 11) is 0. The third-order valence-electron chi connectivity index (χ3n) is 4.91. The molecular formula is C21H40O5. The largest absolute Gasteiger partial charge is 0.388 e. The van der Waals surface area contributed by atoms with Crippen LogP contribution < -0.4 is 0 Å². The Kier molecular flexibility index (Phi) is 14.1. The molecule has 4 atom stereocenters. The number of rotatable bonds is 16. The number of hydrogen-bond acceptors (Lipinski definition) is 5. The maximum Gasteiger partial charge on any atom is 0.114 e. The second-order valence-corrected chi connectivity index (χ2v) is 7.38. The first-order valence-corrected chi connectivity index (χ1v) is 10.5. The Morgan fingerprint density at radius 3 is 2.19 bits per heavy atom. The van der Waals surface area contributed by atoms with E-state index in [4.69, 9.17) is 9.47 Å².